The number of aromatic nitrogens is 1. The number of nitrogens with zero attached hydrogens (tertiary/aromatic N) is 3. The van der Waals surface area contributed by atoms with Gasteiger partial charge in [-0.05, 0) is 24.4 Å². The molecule has 0 atom stereocenters. The predicted octanol–water partition coefficient (Wildman–Crippen LogP) is 2.51. The molecule has 2 N–H and O–H groups in total. The molecule has 4 heterocycles. The van der Waals surface area contributed by atoms with E-state index in [-0.39, 0.29) is 46.0 Å². The molecule has 2 aromatic heterocycles. The van der Waals surface area contributed by atoms with Crippen LogP contribution in [0.3, 0.4) is 0 Å². The molecule has 5 rings (SSSR count). The smallest absolute Gasteiger partial charge is 0.345 e. The largest absolute Gasteiger partial charge is 0.491 e. The number of carbonyl (C=O) groups excluding carboxylic acids is 3. The number of thiophene rings is 1. The van der Waals surface area contributed by atoms with E-state index in [4.69, 9.17) is 35.5 Å². The summed E-state index contributed by atoms with van der Waals surface area (Å²) < 4.78 is 45.1. The lowest BCUT2D eigenvalue weighted by molar-refractivity contribution is 0.0966. The Hall–Kier alpha value is -3.66. The monoisotopic (exact) mass is 540 g/mol. The highest BCUT2D eigenvalue weighted by molar-refractivity contribution is 7.89. The lowest BCUT2D eigenvalue weighted by Gasteiger charge is -2.35. The highest BCUT2D eigenvalue weighted by atomic mass is 35.5. The van der Waals surface area contributed by atoms with Gasteiger partial charge in [0.25, 0.3) is 17.7 Å². The Labute approximate surface area is 205 Å². The number of amides is 4. The molecular formula is C19H13ClN4O9S2. The summed E-state index contributed by atoms with van der Waals surface area (Å²) >= 11 is 6.93. The van der Waals surface area contributed by atoms with Gasteiger partial charge in [0, 0.05) is 0 Å². The van der Waals surface area contributed by atoms with Crippen molar-refractivity contribution in [2.24, 2.45) is 5.14 Å². The van der Waals surface area contributed by atoms with E-state index in [1.807, 2.05) is 0 Å². The number of sulfonamides is 1. The number of urea groups is 1. The molecule has 0 aliphatic carbocycles. The quantitative estimate of drug-likeness (QED) is 0.518. The van der Waals surface area contributed by atoms with Crippen molar-refractivity contribution in [1.29, 1.82) is 0 Å². The number of halogens is 1. The van der Waals surface area contributed by atoms with Crippen molar-refractivity contribution in [3.63, 3.8) is 0 Å². The number of anilines is 2. The molecule has 16 heteroatoms. The molecule has 0 fully saturated rings. The number of hydrogen-bond donors (Lipinski definition) is 1. The van der Waals surface area contributed by atoms with Gasteiger partial charge < -0.3 is 18.7 Å². The Morgan fingerprint density at radius 2 is 2.09 bits per heavy atom. The number of benzene rings is 1. The number of hydrogen-bond acceptors (Lipinski definition) is 11. The lowest BCUT2D eigenvalue weighted by atomic mass is 10.0. The van der Waals surface area contributed by atoms with Gasteiger partial charge in [-0.15, -0.1) is 11.3 Å². The van der Waals surface area contributed by atoms with E-state index < -0.39 is 43.5 Å². The van der Waals surface area contributed by atoms with Gasteiger partial charge in [0.15, 0.2) is 11.5 Å². The van der Waals surface area contributed by atoms with Crippen LogP contribution in [0.25, 0.3) is 0 Å². The Balaban J connectivity index is 1.65. The maximum absolute atomic E-state index is 13.7. The Bertz CT molecular complexity index is 1550. The molecule has 0 radical (unpaired) electrons. The Morgan fingerprint density at radius 3 is 2.71 bits per heavy atom. The first-order valence-electron chi connectivity index (χ1n) is 9.51. The van der Waals surface area contributed by atoms with E-state index in [0.29, 0.717) is 21.1 Å². The number of ether oxygens (including phenoxy) is 3. The van der Waals surface area contributed by atoms with Gasteiger partial charge in [0.2, 0.25) is 22.6 Å². The molecule has 35 heavy (non-hydrogen) atoms. The number of nitrogens with two attached hydrogens (primary N) is 1. The van der Waals surface area contributed by atoms with Crippen LogP contribution in [0.5, 0.6) is 17.2 Å². The summed E-state index contributed by atoms with van der Waals surface area (Å²) in [5, 5.41) is 9.96. The number of primary sulfonamides is 1. The van der Waals surface area contributed by atoms with Crippen molar-refractivity contribution in [1.82, 2.24) is 5.16 Å². The number of carbonyl (C=O) groups is 3. The third kappa shape index (κ3) is 3.35. The van der Waals surface area contributed by atoms with Crippen LogP contribution in [-0.4, -0.2) is 45.3 Å². The second-order valence-electron chi connectivity index (χ2n) is 7.15. The fourth-order valence-corrected chi connectivity index (χ4v) is 5.61. The Morgan fingerprint density at radius 1 is 1.34 bits per heavy atom. The molecule has 3 aromatic rings. The van der Waals surface area contributed by atoms with Crippen molar-refractivity contribution < 1.29 is 41.5 Å². The number of rotatable bonds is 4. The molecule has 0 bridgehead atoms. The van der Waals surface area contributed by atoms with Gasteiger partial charge in [-0.1, -0.05) is 16.8 Å². The first kappa shape index (κ1) is 23.1. The summed E-state index contributed by atoms with van der Waals surface area (Å²) in [7, 11) is -3.03. The summed E-state index contributed by atoms with van der Waals surface area (Å²) in [4.78, 5) is 40.3. The molecule has 0 unspecified atom stereocenters. The summed E-state index contributed by atoms with van der Waals surface area (Å²) in [6.07, 6.45) is 0. The SMILES string of the molecule is COc1c2c(cc3c1N(C(=O)N(C(=O)c1sccc1S(N)(=O)=O)c1onc(C)c1Cl)C3=O)OCO2. The second-order valence-corrected chi connectivity index (χ2v) is 9.97. The molecule has 182 valence electrons. The predicted molar refractivity (Wildman–Crippen MR) is 120 cm³/mol. The van der Waals surface area contributed by atoms with E-state index in [9.17, 15) is 22.8 Å². The van der Waals surface area contributed by atoms with Crippen LogP contribution in [0, 0.1) is 6.92 Å². The zero-order valence-corrected chi connectivity index (χ0v) is 20.1. The fraction of sp³-hybridized carbons (Fsp3) is 0.158. The topological polar surface area (TPSA) is 172 Å². The van der Waals surface area contributed by atoms with Gasteiger partial charge in [0.1, 0.15) is 26.2 Å². The van der Waals surface area contributed by atoms with Gasteiger partial charge in [-0.3, -0.25) is 9.59 Å². The number of aryl methyl sites for hydroxylation is 1. The van der Waals surface area contributed by atoms with Crippen LogP contribution in [0.15, 0.2) is 26.9 Å². The van der Waals surface area contributed by atoms with Gasteiger partial charge >= 0.3 is 6.03 Å². The first-order chi connectivity index (χ1) is 16.6. The van der Waals surface area contributed by atoms with E-state index in [1.165, 1.54) is 25.5 Å². The van der Waals surface area contributed by atoms with E-state index in [0.717, 1.165) is 6.07 Å². The van der Waals surface area contributed by atoms with Crippen LogP contribution in [-0.2, 0) is 10.0 Å². The molecule has 13 nitrogen and oxygen atoms in total. The molecular weight excluding hydrogens is 528 g/mol. The maximum atomic E-state index is 13.7. The minimum Gasteiger partial charge on any atom is -0.491 e. The highest BCUT2D eigenvalue weighted by Gasteiger charge is 2.49. The van der Waals surface area contributed by atoms with Crippen LogP contribution in [0.1, 0.15) is 25.7 Å². The van der Waals surface area contributed by atoms with Gasteiger partial charge in [-0.25, -0.2) is 23.3 Å². The zero-order chi connectivity index (χ0) is 25.2. The summed E-state index contributed by atoms with van der Waals surface area (Å²) in [5.74, 6) is -2.03. The molecule has 4 amide bonds. The Kier molecular flexibility index (Phi) is 5.24. The fourth-order valence-electron chi connectivity index (χ4n) is 3.56. The number of methoxy groups -OCH3 is 1. The first-order valence-corrected chi connectivity index (χ1v) is 12.3. The summed E-state index contributed by atoms with van der Waals surface area (Å²) in [5.41, 5.74) is 0.226. The molecule has 0 spiro atoms. The van der Waals surface area contributed by atoms with Crippen molar-refractivity contribution in [3.8, 4) is 17.2 Å². The number of fused-ring (bicyclic) bond motifs is 2. The average molecular weight is 541 g/mol. The van der Waals surface area contributed by atoms with Gasteiger partial charge in [0.05, 0.1) is 12.7 Å². The van der Waals surface area contributed by atoms with Crippen molar-refractivity contribution in [2.45, 2.75) is 11.8 Å². The molecule has 1 aromatic carbocycles. The third-order valence-electron chi connectivity index (χ3n) is 5.15. The summed E-state index contributed by atoms with van der Waals surface area (Å²) in [6.45, 7) is 1.33. The maximum Gasteiger partial charge on any atom is 0.345 e. The van der Waals surface area contributed by atoms with E-state index in [1.54, 1.807) is 0 Å². The van der Waals surface area contributed by atoms with E-state index in [2.05, 4.69) is 5.16 Å². The minimum absolute atomic E-state index is 0.00904. The van der Waals surface area contributed by atoms with Crippen LogP contribution in [0.2, 0.25) is 5.02 Å². The van der Waals surface area contributed by atoms with Crippen LogP contribution >= 0.6 is 22.9 Å². The zero-order valence-electron chi connectivity index (χ0n) is 17.7. The van der Waals surface area contributed by atoms with Crippen LogP contribution < -0.4 is 29.1 Å². The van der Waals surface area contributed by atoms with Crippen LogP contribution in [0.4, 0.5) is 16.4 Å². The lowest BCUT2D eigenvalue weighted by Crippen LogP contribution is -2.54. The standard InChI is InChI=1S/C19H13ClN4O9S2/c1-7-11(20)18(33-22-7)24(17(26)15-10(3-4-34-15)35(21,28)29)19(27)23-12-8(16(23)25)5-9-13(14(12)30-2)32-6-31-9/h3-5H,6H2,1-2H3,(H2,21,28,29). The molecule has 2 aliphatic rings. The molecule has 0 saturated carbocycles. The van der Waals surface area contributed by atoms with E-state index >= 15 is 0 Å². The highest BCUT2D eigenvalue weighted by Crippen LogP contribution is 2.54. The summed E-state index contributed by atoms with van der Waals surface area (Å²) in [6, 6.07) is 1.26. The van der Waals surface area contributed by atoms with Gasteiger partial charge in [-0.2, -0.15) is 4.90 Å². The minimum atomic E-state index is -4.33. The number of imide groups is 2. The third-order valence-corrected chi connectivity index (χ3v) is 7.57. The second kappa shape index (κ2) is 7.94. The van der Waals surface area contributed by atoms with Crippen molar-refractivity contribution in [2.75, 3.05) is 23.7 Å². The molecule has 0 saturated heterocycles. The average Bonchev–Trinajstić information content (AvgIpc) is 3.55. The van der Waals surface area contributed by atoms with Crippen molar-refractivity contribution in [3.05, 3.63) is 38.7 Å². The normalized spacial score (nSPS) is 13.9. The molecule has 2 aliphatic heterocycles. The van der Waals surface area contributed by atoms with Crippen molar-refractivity contribution >= 4 is 62.4 Å².